The van der Waals surface area contributed by atoms with Gasteiger partial charge in [0.2, 0.25) is 0 Å². The van der Waals surface area contributed by atoms with Crippen molar-refractivity contribution < 1.29 is 4.79 Å². The molecule has 3 nitrogen and oxygen atoms in total. The molecular formula is C11H16N2OS. The summed E-state index contributed by atoms with van der Waals surface area (Å²) in [6.45, 7) is 4.82. The van der Waals surface area contributed by atoms with Crippen LogP contribution >= 0.6 is 11.3 Å². The standard InChI is InChI=1S/C11H16N2OS/c1-3-6-13(9-4-5-9)11-12-7-10(15-11)8(2)14/h7,9H,3-6H2,1-2H3. The molecule has 0 aromatic carbocycles. The van der Waals surface area contributed by atoms with E-state index in [4.69, 9.17) is 0 Å². The number of thiazole rings is 1. The van der Waals surface area contributed by atoms with Crippen molar-refractivity contribution in [3.63, 3.8) is 0 Å². The van der Waals surface area contributed by atoms with Crippen LogP contribution in [-0.2, 0) is 0 Å². The van der Waals surface area contributed by atoms with Crippen LogP contribution in [0.3, 0.4) is 0 Å². The summed E-state index contributed by atoms with van der Waals surface area (Å²) in [5, 5.41) is 1.02. The number of carbonyl (C=O) groups is 1. The summed E-state index contributed by atoms with van der Waals surface area (Å²) in [7, 11) is 0. The van der Waals surface area contributed by atoms with E-state index in [2.05, 4.69) is 16.8 Å². The lowest BCUT2D eigenvalue weighted by Gasteiger charge is -2.20. The highest BCUT2D eigenvalue weighted by molar-refractivity contribution is 7.17. The molecule has 1 saturated carbocycles. The number of Topliss-reactive ketones (excluding diaryl/α,β-unsaturated/α-hetero) is 1. The topological polar surface area (TPSA) is 33.2 Å². The van der Waals surface area contributed by atoms with Gasteiger partial charge in [0.25, 0.3) is 0 Å². The van der Waals surface area contributed by atoms with Gasteiger partial charge >= 0.3 is 0 Å². The Labute approximate surface area is 94.1 Å². The first kappa shape index (κ1) is 10.6. The minimum atomic E-state index is 0.117. The van der Waals surface area contributed by atoms with Crippen molar-refractivity contribution in [2.45, 2.75) is 39.2 Å². The molecule has 1 aromatic heterocycles. The molecule has 1 fully saturated rings. The number of hydrogen-bond acceptors (Lipinski definition) is 4. The molecule has 0 aliphatic heterocycles. The maximum Gasteiger partial charge on any atom is 0.186 e. The van der Waals surface area contributed by atoms with Gasteiger partial charge < -0.3 is 4.90 Å². The third-order valence-electron chi connectivity index (χ3n) is 2.54. The van der Waals surface area contributed by atoms with E-state index >= 15 is 0 Å². The maximum atomic E-state index is 11.2. The Kier molecular flexibility index (Phi) is 3.05. The summed E-state index contributed by atoms with van der Waals surface area (Å²) < 4.78 is 0. The molecule has 15 heavy (non-hydrogen) atoms. The predicted molar refractivity (Wildman–Crippen MR) is 62.8 cm³/mol. The fourth-order valence-corrected chi connectivity index (χ4v) is 2.53. The summed E-state index contributed by atoms with van der Waals surface area (Å²) in [6, 6.07) is 0.677. The molecule has 2 rings (SSSR count). The molecule has 0 atom stereocenters. The van der Waals surface area contributed by atoms with E-state index in [0.717, 1.165) is 23.0 Å². The summed E-state index contributed by atoms with van der Waals surface area (Å²) in [4.78, 5) is 18.6. The van der Waals surface area contributed by atoms with E-state index in [-0.39, 0.29) is 5.78 Å². The molecule has 0 amide bonds. The van der Waals surface area contributed by atoms with E-state index in [1.54, 1.807) is 13.1 Å². The van der Waals surface area contributed by atoms with Crippen molar-refractivity contribution >= 4 is 22.3 Å². The molecule has 82 valence electrons. The summed E-state index contributed by atoms with van der Waals surface area (Å²) in [5.74, 6) is 0.117. The molecular weight excluding hydrogens is 208 g/mol. The minimum absolute atomic E-state index is 0.117. The van der Waals surface area contributed by atoms with Crippen LogP contribution in [0.5, 0.6) is 0 Å². The predicted octanol–water partition coefficient (Wildman–Crippen LogP) is 2.72. The van der Waals surface area contributed by atoms with Gasteiger partial charge in [-0.1, -0.05) is 18.3 Å². The summed E-state index contributed by atoms with van der Waals surface area (Å²) in [5.41, 5.74) is 0. The minimum Gasteiger partial charge on any atom is -0.345 e. The third kappa shape index (κ3) is 2.37. The lowest BCUT2D eigenvalue weighted by Crippen LogP contribution is -2.26. The fourth-order valence-electron chi connectivity index (χ4n) is 1.62. The van der Waals surface area contributed by atoms with Crippen LogP contribution in [0, 0.1) is 0 Å². The Morgan fingerprint density at radius 3 is 2.87 bits per heavy atom. The molecule has 0 unspecified atom stereocenters. The van der Waals surface area contributed by atoms with Gasteiger partial charge in [0.1, 0.15) is 0 Å². The zero-order chi connectivity index (χ0) is 10.8. The van der Waals surface area contributed by atoms with Gasteiger partial charge in [-0.05, 0) is 19.3 Å². The lowest BCUT2D eigenvalue weighted by atomic mass is 10.4. The normalized spacial score (nSPS) is 15.3. The van der Waals surface area contributed by atoms with Crippen LogP contribution in [0.1, 0.15) is 42.8 Å². The van der Waals surface area contributed by atoms with Crippen LogP contribution in [0.15, 0.2) is 6.20 Å². The summed E-state index contributed by atoms with van der Waals surface area (Å²) >= 11 is 1.52. The molecule has 0 radical (unpaired) electrons. The van der Waals surface area contributed by atoms with Gasteiger partial charge in [-0.15, -0.1) is 0 Å². The highest BCUT2D eigenvalue weighted by Crippen LogP contribution is 2.34. The van der Waals surface area contributed by atoms with E-state index in [1.165, 1.54) is 24.2 Å². The van der Waals surface area contributed by atoms with Crippen molar-refractivity contribution in [1.82, 2.24) is 4.98 Å². The number of rotatable bonds is 5. The SMILES string of the molecule is CCCN(c1ncc(C(C)=O)s1)C1CC1. The monoisotopic (exact) mass is 224 g/mol. The number of nitrogens with zero attached hydrogens (tertiary/aromatic N) is 2. The van der Waals surface area contributed by atoms with E-state index < -0.39 is 0 Å². The number of aromatic nitrogens is 1. The molecule has 1 aromatic rings. The van der Waals surface area contributed by atoms with Gasteiger partial charge in [0.15, 0.2) is 10.9 Å². The van der Waals surface area contributed by atoms with Gasteiger partial charge in [-0.25, -0.2) is 4.98 Å². The Balaban J connectivity index is 2.14. The van der Waals surface area contributed by atoms with E-state index in [0.29, 0.717) is 6.04 Å². The average Bonchev–Trinajstić information content (AvgIpc) is 2.91. The Hall–Kier alpha value is -0.900. The Bertz CT molecular complexity index is 357. The average molecular weight is 224 g/mol. The van der Waals surface area contributed by atoms with Gasteiger partial charge in [0, 0.05) is 19.5 Å². The van der Waals surface area contributed by atoms with Crippen LogP contribution in [0.25, 0.3) is 0 Å². The second-order valence-electron chi connectivity index (χ2n) is 3.99. The number of carbonyl (C=O) groups excluding carboxylic acids is 1. The van der Waals surface area contributed by atoms with Crippen molar-refractivity contribution in [1.29, 1.82) is 0 Å². The smallest absolute Gasteiger partial charge is 0.186 e. The third-order valence-corrected chi connectivity index (χ3v) is 3.67. The lowest BCUT2D eigenvalue weighted by molar-refractivity contribution is 0.102. The van der Waals surface area contributed by atoms with E-state index in [9.17, 15) is 4.79 Å². The van der Waals surface area contributed by atoms with Crippen molar-refractivity contribution in [3.8, 4) is 0 Å². The zero-order valence-corrected chi connectivity index (χ0v) is 10.0. The summed E-state index contributed by atoms with van der Waals surface area (Å²) in [6.07, 6.45) is 5.38. The first-order valence-electron chi connectivity index (χ1n) is 5.45. The highest BCUT2D eigenvalue weighted by atomic mass is 32.1. The molecule has 4 heteroatoms. The Morgan fingerprint density at radius 1 is 1.67 bits per heavy atom. The van der Waals surface area contributed by atoms with E-state index in [1.807, 2.05) is 0 Å². The van der Waals surface area contributed by atoms with Gasteiger partial charge in [-0.2, -0.15) is 0 Å². The second kappa shape index (κ2) is 4.31. The van der Waals surface area contributed by atoms with Crippen LogP contribution in [-0.4, -0.2) is 23.4 Å². The van der Waals surface area contributed by atoms with Gasteiger partial charge in [0.05, 0.1) is 11.1 Å². The van der Waals surface area contributed by atoms with Crippen LogP contribution < -0.4 is 4.90 Å². The van der Waals surface area contributed by atoms with Crippen LogP contribution in [0.2, 0.25) is 0 Å². The second-order valence-corrected chi connectivity index (χ2v) is 5.00. The van der Waals surface area contributed by atoms with Crippen LogP contribution in [0.4, 0.5) is 5.13 Å². The largest absolute Gasteiger partial charge is 0.345 e. The Morgan fingerprint density at radius 2 is 2.40 bits per heavy atom. The number of anilines is 1. The van der Waals surface area contributed by atoms with Crippen molar-refractivity contribution in [3.05, 3.63) is 11.1 Å². The molecule has 0 bridgehead atoms. The van der Waals surface area contributed by atoms with Gasteiger partial charge in [-0.3, -0.25) is 4.79 Å². The fraction of sp³-hybridized carbons (Fsp3) is 0.636. The first-order chi connectivity index (χ1) is 7.22. The molecule has 0 saturated heterocycles. The molecule has 1 aliphatic carbocycles. The quantitative estimate of drug-likeness (QED) is 0.721. The number of hydrogen-bond donors (Lipinski definition) is 0. The number of ketones is 1. The van der Waals surface area contributed by atoms with Crippen molar-refractivity contribution in [2.75, 3.05) is 11.4 Å². The molecule has 0 spiro atoms. The zero-order valence-electron chi connectivity index (χ0n) is 9.19. The highest BCUT2D eigenvalue weighted by Gasteiger charge is 2.30. The van der Waals surface area contributed by atoms with Crippen molar-refractivity contribution in [2.24, 2.45) is 0 Å². The molecule has 1 heterocycles. The first-order valence-corrected chi connectivity index (χ1v) is 6.27. The molecule has 0 N–H and O–H groups in total. The molecule has 1 aliphatic rings. The maximum absolute atomic E-state index is 11.2.